The first-order valence-electron chi connectivity index (χ1n) is 8.05. The van der Waals surface area contributed by atoms with Crippen molar-refractivity contribution in [3.63, 3.8) is 0 Å². The summed E-state index contributed by atoms with van der Waals surface area (Å²) in [5.74, 6) is -0.900. The molecule has 0 aromatic carbocycles. The number of fused-ring (bicyclic) bond motifs is 1. The zero-order valence-corrected chi connectivity index (χ0v) is 14.2. The molecule has 7 nitrogen and oxygen atoms in total. The van der Waals surface area contributed by atoms with Crippen molar-refractivity contribution in [1.29, 1.82) is 5.26 Å². The maximum Gasteiger partial charge on any atom is 0.249 e. The number of nitrogens with one attached hydrogen (secondary N) is 1. The number of aromatic nitrogens is 3. The van der Waals surface area contributed by atoms with Crippen LogP contribution in [-0.4, -0.2) is 51.5 Å². The third kappa shape index (κ3) is 2.97. The predicted molar refractivity (Wildman–Crippen MR) is 85.5 cm³/mol. The molecule has 2 N–H and O–H groups in total. The van der Waals surface area contributed by atoms with E-state index in [1.807, 2.05) is 0 Å². The SMILES string of the molecule is CC(C)(c1c(C#N)c(F)c2cnc(N[C@@H]3CCOC[C@H]3O)nn12)C(F)F. The number of anilines is 1. The second-order valence-electron chi connectivity index (χ2n) is 6.73. The van der Waals surface area contributed by atoms with Crippen molar-refractivity contribution >= 4 is 11.5 Å². The van der Waals surface area contributed by atoms with Crippen molar-refractivity contribution in [2.24, 2.45) is 0 Å². The number of hydrogen-bond acceptors (Lipinski definition) is 6. The Kier molecular flexibility index (Phi) is 4.77. The fraction of sp³-hybridized carbons (Fsp3) is 0.562. The number of nitrogens with zero attached hydrogens (tertiary/aromatic N) is 4. The van der Waals surface area contributed by atoms with Crippen LogP contribution >= 0.6 is 0 Å². The highest BCUT2D eigenvalue weighted by molar-refractivity contribution is 5.59. The van der Waals surface area contributed by atoms with Crippen molar-refractivity contribution in [1.82, 2.24) is 14.6 Å². The normalized spacial score (nSPS) is 21.2. The van der Waals surface area contributed by atoms with Gasteiger partial charge in [0.15, 0.2) is 5.82 Å². The quantitative estimate of drug-likeness (QED) is 0.854. The summed E-state index contributed by atoms with van der Waals surface area (Å²) in [5.41, 5.74) is -2.67. The van der Waals surface area contributed by atoms with Gasteiger partial charge in [0.05, 0.1) is 36.1 Å². The molecule has 0 unspecified atom stereocenters. The van der Waals surface area contributed by atoms with Gasteiger partial charge in [-0.1, -0.05) is 0 Å². The van der Waals surface area contributed by atoms with Crippen molar-refractivity contribution in [2.45, 2.75) is 44.3 Å². The second-order valence-corrected chi connectivity index (χ2v) is 6.73. The van der Waals surface area contributed by atoms with Gasteiger partial charge in [0.1, 0.15) is 17.1 Å². The third-order valence-corrected chi connectivity index (χ3v) is 4.53. The number of alkyl halides is 2. The van der Waals surface area contributed by atoms with Gasteiger partial charge in [-0.15, -0.1) is 5.10 Å². The van der Waals surface area contributed by atoms with Gasteiger partial charge in [0, 0.05) is 6.61 Å². The lowest BCUT2D eigenvalue weighted by molar-refractivity contribution is -0.0136. The van der Waals surface area contributed by atoms with E-state index in [2.05, 4.69) is 15.4 Å². The van der Waals surface area contributed by atoms with Gasteiger partial charge in [-0.2, -0.15) is 5.26 Å². The van der Waals surface area contributed by atoms with Crippen LogP contribution in [0.15, 0.2) is 6.20 Å². The number of aliphatic hydroxyl groups is 1. The largest absolute Gasteiger partial charge is 0.389 e. The molecule has 3 rings (SSSR count). The minimum Gasteiger partial charge on any atom is -0.389 e. The number of hydrogen-bond donors (Lipinski definition) is 2. The Bertz CT molecular complexity index is 862. The summed E-state index contributed by atoms with van der Waals surface area (Å²) >= 11 is 0. The molecule has 0 spiro atoms. The lowest BCUT2D eigenvalue weighted by Crippen LogP contribution is -2.42. The lowest BCUT2D eigenvalue weighted by atomic mass is 9.87. The van der Waals surface area contributed by atoms with Crippen molar-refractivity contribution in [3.05, 3.63) is 23.3 Å². The first-order chi connectivity index (χ1) is 12.3. The third-order valence-electron chi connectivity index (χ3n) is 4.53. The van der Waals surface area contributed by atoms with Crippen LogP contribution in [0.5, 0.6) is 0 Å². The number of ether oxygens (including phenoxy) is 1. The van der Waals surface area contributed by atoms with Gasteiger partial charge in [-0.25, -0.2) is 22.7 Å². The first kappa shape index (κ1) is 18.4. The Morgan fingerprint density at radius 3 is 2.85 bits per heavy atom. The lowest BCUT2D eigenvalue weighted by Gasteiger charge is -2.28. The number of rotatable bonds is 4. The summed E-state index contributed by atoms with van der Waals surface area (Å²) in [7, 11) is 0. The fourth-order valence-corrected chi connectivity index (χ4v) is 2.93. The zero-order valence-electron chi connectivity index (χ0n) is 14.2. The molecule has 1 aliphatic rings. The van der Waals surface area contributed by atoms with Crippen LogP contribution in [0.3, 0.4) is 0 Å². The number of aliphatic hydroxyl groups excluding tert-OH is 1. The maximum absolute atomic E-state index is 14.5. The van der Waals surface area contributed by atoms with Gasteiger partial charge in [-0.05, 0) is 20.3 Å². The van der Waals surface area contributed by atoms with Gasteiger partial charge in [0.2, 0.25) is 12.4 Å². The summed E-state index contributed by atoms with van der Waals surface area (Å²) in [6.45, 7) is 3.03. The van der Waals surface area contributed by atoms with Crippen LogP contribution in [0.2, 0.25) is 0 Å². The van der Waals surface area contributed by atoms with Crippen LogP contribution in [-0.2, 0) is 10.2 Å². The summed E-state index contributed by atoms with van der Waals surface area (Å²) < 4.78 is 47.7. The van der Waals surface area contributed by atoms with E-state index in [-0.39, 0.29) is 29.8 Å². The molecule has 0 aliphatic carbocycles. The molecule has 2 atom stereocenters. The Labute approximate surface area is 147 Å². The van der Waals surface area contributed by atoms with Crippen molar-refractivity contribution in [2.75, 3.05) is 18.5 Å². The second kappa shape index (κ2) is 6.74. The topological polar surface area (TPSA) is 95.5 Å². The molecule has 1 saturated heterocycles. The van der Waals surface area contributed by atoms with E-state index >= 15 is 0 Å². The van der Waals surface area contributed by atoms with Gasteiger partial charge >= 0.3 is 0 Å². The number of nitriles is 1. The predicted octanol–water partition coefficient (Wildman–Crippen LogP) is 1.84. The molecule has 0 amide bonds. The van der Waals surface area contributed by atoms with Crippen LogP contribution < -0.4 is 5.32 Å². The molecule has 0 radical (unpaired) electrons. The molecule has 1 fully saturated rings. The minimum atomic E-state index is -2.84. The van der Waals surface area contributed by atoms with Gasteiger partial charge in [0.25, 0.3) is 0 Å². The summed E-state index contributed by atoms with van der Waals surface area (Å²) in [6, 6.07) is 1.26. The van der Waals surface area contributed by atoms with Crippen molar-refractivity contribution in [3.8, 4) is 6.07 Å². The Morgan fingerprint density at radius 1 is 1.50 bits per heavy atom. The van der Waals surface area contributed by atoms with E-state index in [0.29, 0.717) is 13.0 Å². The molecular weight excluding hydrogens is 351 g/mol. The molecule has 26 heavy (non-hydrogen) atoms. The van der Waals surface area contributed by atoms with E-state index in [4.69, 9.17) is 4.74 Å². The highest BCUT2D eigenvalue weighted by atomic mass is 19.3. The monoisotopic (exact) mass is 369 g/mol. The molecule has 3 heterocycles. The molecular formula is C16H18F3N5O2. The van der Waals surface area contributed by atoms with Crippen LogP contribution in [0.25, 0.3) is 5.52 Å². The Balaban J connectivity index is 2.09. The minimum absolute atomic E-state index is 0.0363. The molecule has 2 aromatic rings. The van der Waals surface area contributed by atoms with E-state index in [1.165, 1.54) is 13.8 Å². The standard InChI is InChI=1S/C16H18F3N5O2/c1-16(2,14(18)19)13-8(5-20)12(17)10-6-21-15(23-24(10)13)22-9-3-4-26-7-11(9)25/h6,9,11,14,25H,3-4,7H2,1-2H3,(H,22,23)/t9-,11-/m1/s1. The van der Waals surface area contributed by atoms with Gasteiger partial charge < -0.3 is 15.2 Å². The Morgan fingerprint density at radius 2 is 2.23 bits per heavy atom. The molecule has 140 valence electrons. The first-order valence-corrected chi connectivity index (χ1v) is 8.05. The molecule has 0 saturated carbocycles. The van der Waals surface area contributed by atoms with E-state index in [1.54, 1.807) is 6.07 Å². The fourth-order valence-electron chi connectivity index (χ4n) is 2.93. The Hall–Kier alpha value is -2.38. The van der Waals surface area contributed by atoms with Gasteiger partial charge in [-0.3, -0.25) is 0 Å². The molecule has 0 bridgehead atoms. The smallest absolute Gasteiger partial charge is 0.249 e. The average molecular weight is 369 g/mol. The summed E-state index contributed by atoms with van der Waals surface area (Å²) in [5, 5.41) is 26.2. The van der Waals surface area contributed by atoms with Crippen LogP contribution in [0.1, 0.15) is 31.5 Å². The van der Waals surface area contributed by atoms with Crippen LogP contribution in [0.4, 0.5) is 19.1 Å². The molecule has 1 aliphatic heterocycles. The van der Waals surface area contributed by atoms with E-state index < -0.39 is 29.3 Å². The average Bonchev–Trinajstić information content (AvgIpc) is 2.89. The highest BCUT2D eigenvalue weighted by Crippen LogP contribution is 2.35. The van der Waals surface area contributed by atoms with E-state index in [9.17, 15) is 23.5 Å². The summed E-state index contributed by atoms with van der Waals surface area (Å²) in [4.78, 5) is 3.98. The van der Waals surface area contributed by atoms with Crippen molar-refractivity contribution < 1.29 is 23.0 Å². The van der Waals surface area contributed by atoms with Crippen LogP contribution in [0, 0.1) is 17.1 Å². The summed E-state index contributed by atoms with van der Waals surface area (Å²) in [6.07, 6.45) is -1.99. The van der Waals surface area contributed by atoms with E-state index in [0.717, 1.165) is 10.7 Å². The molecule has 10 heteroatoms. The maximum atomic E-state index is 14.5. The molecule has 2 aromatic heterocycles. The number of halogens is 3. The zero-order chi connectivity index (χ0) is 19.1. The highest BCUT2D eigenvalue weighted by Gasteiger charge is 2.39.